The Hall–Kier alpha value is -3.47. The van der Waals surface area contributed by atoms with Crippen molar-refractivity contribution in [2.45, 2.75) is 26.2 Å². The number of aromatic nitrogens is 1. The third-order valence-electron chi connectivity index (χ3n) is 4.87. The lowest BCUT2D eigenvalue weighted by molar-refractivity contribution is 0.0697. The zero-order valence-corrected chi connectivity index (χ0v) is 15.8. The summed E-state index contributed by atoms with van der Waals surface area (Å²) in [6.07, 6.45) is 2.16. The maximum Gasteiger partial charge on any atom is 0.335 e. The maximum absolute atomic E-state index is 11.2. The summed E-state index contributed by atoms with van der Waals surface area (Å²) in [5.41, 5.74) is 5.66. The molecule has 0 bridgehead atoms. The molecule has 0 spiro atoms. The molecule has 0 fully saturated rings. The lowest BCUT2D eigenvalue weighted by Gasteiger charge is -2.21. The number of carboxylic acids is 1. The molecule has 142 valence electrons. The van der Waals surface area contributed by atoms with Crippen molar-refractivity contribution >= 4 is 11.7 Å². The number of aryl methyl sites for hydroxylation is 2. The quantitative estimate of drug-likeness (QED) is 0.369. The van der Waals surface area contributed by atoms with Crippen molar-refractivity contribution in [2.24, 2.45) is 5.16 Å². The third kappa shape index (κ3) is 4.26. The minimum absolute atomic E-state index is 0.0802. The number of rotatable bonds is 6. The molecule has 28 heavy (non-hydrogen) atoms. The highest BCUT2D eigenvalue weighted by Gasteiger charge is 2.20. The van der Waals surface area contributed by atoms with Gasteiger partial charge in [-0.2, -0.15) is 0 Å². The lowest BCUT2D eigenvalue weighted by atomic mass is 9.83. The summed E-state index contributed by atoms with van der Waals surface area (Å²) in [4.78, 5) is 15.4. The summed E-state index contributed by atoms with van der Waals surface area (Å²) in [6.45, 7) is 3.93. The summed E-state index contributed by atoms with van der Waals surface area (Å²) in [5, 5.41) is 22.4. The Balaban J connectivity index is 2.03. The fraction of sp³-hybridized carbons (Fsp3) is 0.174. The van der Waals surface area contributed by atoms with E-state index in [1.165, 1.54) is 0 Å². The van der Waals surface area contributed by atoms with Crippen molar-refractivity contribution in [1.29, 1.82) is 0 Å². The number of benzene rings is 2. The van der Waals surface area contributed by atoms with Crippen LogP contribution in [0.5, 0.6) is 0 Å². The molecular formula is C23H22N2O3. The molecule has 0 amide bonds. The second-order valence-corrected chi connectivity index (χ2v) is 6.77. The minimum Gasteiger partial charge on any atom is -0.478 e. The molecule has 5 heteroatoms. The summed E-state index contributed by atoms with van der Waals surface area (Å²) >= 11 is 0. The first-order valence-corrected chi connectivity index (χ1v) is 9.02. The summed E-state index contributed by atoms with van der Waals surface area (Å²) in [5.74, 6) is -1.03. The molecule has 3 aromatic rings. The number of carboxylic acid groups (broad SMARTS) is 1. The normalized spacial score (nSPS) is 12.6. The Labute approximate surface area is 164 Å². The standard InChI is InChI=1S/C23H22N2O3/c1-15-5-3-4-6-20(15)21(17-7-9-18(10-8-17)23(26)27)14-22(25-28)19-11-12-24-16(2)13-19/h3-13,21,28H,14H2,1-2H3,(H,26,27)/b25-22-. The van der Waals surface area contributed by atoms with Crippen molar-refractivity contribution in [2.75, 3.05) is 0 Å². The minimum atomic E-state index is -0.955. The maximum atomic E-state index is 11.2. The number of nitrogens with zero attached hydrogens (tertiary/aromatic N) is 2. The van der Waals surface area contributed by atoms with Gasteiger partial charge < -0.3 is 10.3 Å². The highest BCUT2D eigenvalue weighted by atomic mass is 16.4. The predicted octanol–water partition coefficient (Wildman–Crippen LogP) is 4.80. The highest BCUT2D eigenvalue weighted by Crippen LogP contribution is 2.32. The number of hydrogen-bond donors (Lipinski definition) is 2. The molecule has 5 nitrogen and oxygen atoms in total. The van der Waals surface area contributed by atoms with E-state index in [-0.39, 0.29) is 11.5 Å². The van der Waals surface area contributed by atoms with Crippen LogP contribution >= 0.6 is 0 Å². The molecular weight excluding hydrogens is 352 g/mol. The van der Waals surface area contributed by atoms with Crippen LogP contribution in [0.4, 0.5) is 0 Å². The smallest absolute Gasteiger partial charge is 0.335 e. The molecule has 3 rings (SSSR count). The van der Waals surface area contributed by atoms with E-state index in [0.29, 0.717) is 12.1 Å². The first kappa shape index (κ1) is 19.3. The van der Waals surface area contributed by atoms with Gasteiger partial charge in [0.1, 0.15) is 0 Å². The van der Waals surface area contributed by atoms with Crippen molar-refractivity contribution in [1.82, 2.24) is 4.98 Å². The summed E-state index contributed by atoms with van der Waals surface area (Å²) in [7, 11) is 0. The fourth-order valence-electron chi connectivity index (χ4n) is 3.38. The van der Waals surface area contributed by atoms with Gasteiger partial charge >= 0.3 is 5.97 Å². The molecule has 1 atom stereocenters. The molecule has 1 aromatic heterocycles. The number of oxime groups is 1. The first-order chi connectivity index (χ1) is 13.5. The number of hydrogen-bond acceptors (Lipinski definition) is 4. The van der Waals surface area contributed by atoms with Crippen molar-refractivity contribution in [3.8, 4) is 0 Å². The number of aromatic carboxylic acids is 1. The summed E-state index contributed by atoms with van der Waals surface area (Å²) in [6, 6.07) is 18.6. The molecule has 0 radical (unpaired) electrons. The molecule has 0 saturated carbocycles. The van der Waals surface area contributed by atoms with E-state index < -0.39 is 5.97 Å². The van der Waals surface area contributed by atoms with E-state index in [1.54, 1.807) is 18.3 Å². The number of pyridine rings is 1. The Bertz CT molecular complexity index is 1010. The van der Waals surface area contributed by atoms with E-state index in [4.69, 9.17) is 0 Å². The van der Waals surface area contributed by atoms with E-state index in [9.17, 15) is 15.1 Å². The van der Waals surface area contributed by atoms with Crippen molar-refractivity contribution in [3.05, 3.63) is 100 Å². The van der Waals surface area contributed by atoms with E-state index >= 15 is 0 Å². The van der Waals surface area contributed by atoms with Gasteiger partial charge in [-0.25, -0.2) is 4.79 Å². The van der Waals surface area contributed by atoms with Crippen LogP contribution in [0.15, 0.2) is 72.0 Å². The predicted molar refractivity (Wildman–Crippen MR) is 108 cm³/mol. The second-order valence-electron chi connectivity index (χ2n) is 6.77. The Morgan fingerprint density at radius 1 is 1.04 bits per heavy atom. The SMILES string of the molecule is Cc1cc(/C(CC(c2ccc(C(=O)O)cc2)c2ccccc2C)=N\O)ccn1. The van der Waals surface area contributed by atoms with Crippen LogP contribution in [0.1, 0.15) is 50.6 Å². The van der Waals surface area contributed by atoms with Gasteiger partial charge in [0.15, 0.2) is 0 Å². The zero-order chi connectivity index (χ0) is 20.1. The van der Waals surface area contributed by atoms with Crippen LogP contribution in [0, 0.1) is 13.8 Å². The Morgan fingerprint density at radius 3 is 2.36 bits per heavy atom. The average molecular weight is 374 g/mol. The van der Waals surface area contributed by atoms with Gasteiger partial charge in [-0.05, 0) is 54.8 Å². The largest absolute Gasteiger partial charge is 0.478 e. The molecule has 0 aliphatic rings. The van der Waals surface area contributed by atoms with Gasteiger partial charge in [0.05, 0.1) is 11.3 Å². The topological polar surface area (TPSA) is 82.8 Å². The van der Waals surface area contributed by atoms with Gasteiger partial charge in [-0.1, -0.05) is 41.6 Å². The molecule has 1 heterocycles. The highest BCUT2D eigenvalue weighted by molar-refractivity contribution is 6.01. The third-order valence-corrected chi connectivity index (χ3v) is 4.87. The molecule has 1 unspecified atom stereocenters. The van der Waals surface area contributed by atoms with E-state index in [0.717, 1.165) is 27.9 Å². The van der Waals surface area contributed by atoms with Crippen LogP contribution in [-0.4, -0.2) is 27.0 Å². The van der Waals surface area contributed by atoms with E-state index in [1.807, 2.05) is 56.3 Å². The van der Waals surface area contributed by atoms with Crippen LogP contribution in [-0.2, 0) is 0 Å². The molecule has 0 saturated heterocycles. The molecule has 2 N–H and O–H groups in total. The summed E-state index contributed by atoms with van der Waals surface area (Å²) < 4.78 is 0. The number of carbonyl (C=O) groups is 1. The van der Waals surface area contributed by atoms with Crippen LogP contribution in [0.3, 0.4) is 0 Å². The zero-order valence-electron chi connectivity index (χ0n) is 15.8. The van der Waals surface area contributed by atoms with E-state index in [2.05, 4.69) is 16.2 Å². The lowest BCUT2D eigenvalue weighted by Crippen LogP contribution is -2.12. The van der Waals surface area contributed by atoms with Crippen molar-refractivity contribution < 1.29 is 15.1 Å². The van der Waals surface area contributed by atoms with Gasteiger partial charge in [-0.15, -0.1) is 0 Å². The molecule has 0 aliphatic carbocycles. The second kappa shape index (κ2) is 8.48. The van der Waals surface area contributed by atoms with Gasteiger partial charge in [0.2, 0.25) is 0 Å². The molecule has 2 aromatic carbocycles. The van der Waals surface area contributed by atoms with Gasteiger partial charge in [0, 0.05) is 29.8 Å². The van der Waals surface area contributed by atoms with Crippen molar-refractivity contribution in [3.63, 3.8) is 0 Å². The first-order valence-electron chi connectivity index (χ1n) is 9.02. The Kier molecular flexibility index (Phi) is 5.84. The van der Waals surface area contributed by atoms with Gasteiger partial charge in [0.25, 0.3) is 0 Å². The Morgan fingerprint density at radius 2 is 1.75 bits per heavy atom. The average Bonchev–Trinajstić information content (AvgIpc) is 2.70. The van der Waals surface area contributed by atoms with Crippen LogP contribution < -0.4 is 0 Å². The monoisotopic (exact) mass is 374 g/mol. The molecule has 0 aliphatic heterocycles. The van der Waals surface area contributed by atoms with Gasteiger partial charge in [-0.3, -0.25) is 4.98 Å². The fourth-order valence-corrected chi connectivity index (χ4v) is 3.38. The van der Waals surface area contributed by atoms with Crippen LogP contribution in [0.2, 0.25) is 0 Å². The van der Waals surface area contributed by atoms with Crippen LogP contribution in [0.25, 0.3) is 0 Å².